The van der Waals surface area contributed by atoms with Crippen molar-refractivity contribution in [2.45, 2.75) is 19.8 Å². The molecule has 0 aliphatic heterocycles. The Hall–Kier alpha value is -0.100. The molecule has 0 amide bonds. The van der Waals surface area contributed by atoms with E-state index in [4.69, 9.17) is 10.2 Å². The van der Waals surface area contributed by atoms with E-state index in [9.17, 15) is 9.59 Å². The summed E-state index contributed by atoms with van der Waals surface area (Å²) in [6, 6.07) is 0. The third kappa shape index (κ3) is 51.6. The topological polar surface area (TPSA) is 110 Å². The molecule has 68 valence electrons. The van der Waals surface area contributed by atoms with Gasteiger partial charge < -0.3 is 23.3 Å². The van der Waals surface area contributed by atoms with Crippen LogP contribution in [0.15, 0.2) is 0 Å². The van der Waals surface area contributed by atoms with E-state index in [1.807, 2.05) is 6.92 Å². The van der Waals surface area contributed by atoms with Crippen molar-refractivity contribution in [2.75, 3.05) is 0 Å². The second-order valence-corrected chi connectivity index (χ2v) is 1.46. The molecule has 6 heteroatoms. The van der Waals surface area contributed by atoms with E-state index in [1.165, 1.54) is 0 Å². The monoisotopic (exact) mass is 187 g/mol. The zero-order valence-corrected chi connectivity index (χ0v) is 9.54. The number of carbonyl (C=O) groups is 2. The summed E-state index contributed by atoms with van der Waals surface area (Å²) in [4.78, 5) is 18.9. The Balaban J connectivity index is -0.0000000569. The predicted molar refractivity (Wildman–Crippen MR) is 40.6 cm³/mol. The zero-order chi connectivity index (χ0) is 8.57. The van der Waals surface area contributed by atoms with Crippen LogP contribution in [0.3, 0.4) is 0 Å². The standard InChI is InChI=1S/C3H4O4.C3H7.H3N.Na/c4-2(5)1-3(6)7;1-3-2;;/h1H2,(H,4,5)(H,6,7);1,3H2,2H3;1H3;/q;-1;;+1. The molecule has 0 aromatic rings. The van der Waals surface area contributed by atoms with Crippen molar-refractivity contribution in [1.82, 2.24) is 6.15 Å². The molecule has 0 radical (unpaired) electrons. The Morgan fingerprint density at radius 1 is 1.25 bits per heavy atom. The van der Waals surface area contributed by atoms with Gasteiger partial charge >= 0.3 is 41.5 Å². The summed E-state index contributed by atoms with van der Waals surface area (Å²) in [6.45, 7) is 5.50. The minimum atomic E-state index is -1.31. The van der Waals surface area contributed by atoms with Crippen LogP contribution in [0, 0.1) is 6.92 Å². The van der Waals surface area contributed by atoms with Gasteiger partial charge in [-0.15, -0.1) is 0 Å². The van der Waals surface area contributed by atoms with Gasteiger partial charge in [0.2, 0.25) is 0 Å². The Labute approximate surface area is 94.0 Å². The molecule has 0 unspecified atom stereocenters. The molecular weight excluding hydrogens is 173 g/mol. The van der Waals surface area contributed by atoms with Gasteiger partial charge in [-0.3, -0.25) is 9.59 Å². The summed E-state index contributed by atoms with van der Waals surface area (Å²) < 4.78 is 0. The molecule has 12 heavy (non-hydrogen) atoms. The van der Waals surface area contributed by atoms with Gasteiger partial charge in [0.15, 0.2) is 0 Å². The molecule has 0 aromatic heterocycles. The van der Waals surface area contributed by atoms with Crippen LogP contribution >= 0.6 is 0 Å². The van der Waals surface area contributed by atoms with Crippen molar-refractivity contribution in [2.24, 2.45) is 0 Å². The van der Waals surface area contributed by atoms with Gasteiger partial charge in [0, 0.05) is 0 Å². The van der Waals surface area contributed by atoms with E-state index in [1.54, 1.807) is 0 Å². The Bertz CT molecular complexity index is 106. The number of hydrogen-bond acceptors (Lipinski definition) is 3. The van der Waals surface area contributed by atoms with E-state index in [0.29, 0.717) is 0 Å². The van der Waals surface area contributed by atoms with Crippen molar-refractivity contribution in [3.63, 3.8) is 0 Å². The molecule has 0 atom stereocenters. The molecule has 0 aliphatic carbocycles. The first-order valence-corrected chi connectivity index (χ1v) is 2.77. The SMILES string of the molecule is N.O=C(O)CC(=O)O.[CH2-]CC.[Na+]. The first-order chi connectivity index (χ1) is 4.54. The van der Waals surface area contributed by atoms with Crippen LogP contribution in [0.1, 0.15) is 19.8 Å². The quantitative estimate of drug-likeness (QED) is 0.261. The van der Waals surface area contributed by atoms with E-state index in [2.05, 4.69) is 6.92 Å². The average molecular weight is 187 g/mol. The minimum Gasteiger partial charge on any atom is -0.481 e. The molecule has 0 aliphatic rings. The molecule has 0 heterocycles. The summed E-state index contributed by atoms with van der Waals surface area (Å²) >= 11 is 0. The Morgan fingerprint density at radius 2 is 1.42 bits per heavy atom. The van der Waals surface area contributed by atoms with Crippen LogP contribution in [0.4, 0.5) is 0 Å². The number of rotatable bonds is 2. The third-order valence-corrected chi connectivity index (χ3v) is 0.302. The fourth-order valence-corrected chi connectivity index (χ4v) is 0.129. The van der Waals surface area contributed by atoms with Gasteiger partial charge in [-0.05, 0) is 0 Å². The second-order valence-electron chi connectivity index (χ2n) is 1.46. The van der Waals surface area contributed by atoms with E-state index < -0.39 is 18.4 Å². The van der Waals surface area contributed by atoms with E-state index in [-0.39, 0.29) is 35.7 Å². The fraction of sp³-hybridized carbons (Fsp3) is 0.500. The van der Waals surface area contributed by atoms with E-state index >= 15 is 0 Å². The largest absolute Gasteiger partial charge is 1.00 e. The van der Waals surface area contributed by atoms with Gasteiger partial charge in [0.05, 0.1) is 0 Å². The van der Waals surface area contributed by atoms with Gasteiger partial charge in [0.25, 0.3) is 0 Å². The van der Waals surface area contributed by atoms with Crippen LogP contribution in [0.25, 0.3) is 0 Å². The Morgan fingerprint density at radius 3 is 1.42 bits per heavy atom. The summed E-state index contributed by atoms with van der Waals surface area (Å²) in [5.74, 6) is -2.62. The molecule has 5 nitrogen and oxygen atoms in total. The van der Waals surface area contributed by atoms with Crippen molar-refractivity contribution >= 4 is 11.9 Å². The second kappa shape index (κ2) is 17.1. The maximum absolute atomic E-state index is 9.43. The Kier molecular flexibility index (Phi) is 32.3. The maximum Gasteiger partial charge on any atom is 1.00 e. The summed E-state index contributed by atoms with van der Waals surface area (Å²) in [6.07, 6.45) is 0.194. The van der Waals surface area contributed by atoms with Crippen LogP contribution in [0.2, 0.25) is 0 Å². The first-order valence-electron chi connectivity index (χ1n) is 2.77. The molecule has 0 aromatic carbocycles. The molecular formula is C6H14NNaO4. The normalized spacial score (nSPS) is 6.17. The van der Waals surface area contributed by atoms with Crippen molar-refractivity contribution in [3.8, 4) is 0 Å². The van der Waals surface area contributed by atoms with Gasteiger partial charge in [-0.1, -0.05) is 6.92 Å². The van der Waals surface area contributed by atoms with Crippen LogP contribution in [-0.2, 0) is 9.59 Å². The summed E-state index contributed by atoms with van der Waals surface area (Å²) in [5, 5.41) is 15.4. The fourth-order valence-electron chi connectivity index (χ4n) is 0.129. The molecule has 0 spiro atoms. The van der Waals surface area contributed by atoms with Crippen molar-refractivity contribution in [1.29, 1.82) is 0 Å². The van der Waals surface area contributed by atoms with Crippen molar-refractivity contribution in [3.05, 3.63) is 6.92 Å². The summed E-state index contributed by atoms with van der Waals surface area (Å²) in [5.41, 5.74) is 0. The van der Waals surface area contributed by atoms with Gasteiger partial charge in [0.1, 0.15) is 6.42 Å². The molecule has 0 rings (SSSR count). The number of hydrogen-bond donors (Lipinski definition) is 3. The molecule has 0 saturated carbocycles. The molecule has 0 bridgehead atoms. The summed E-state index contributed by atoms with van der Waals surface area (Å²) in [7, 11) is 0. The molecule has 0 saturated heterocycles. The zero-order valence-electron chi connectivity index (χ0n) is 7.54. The number of carboxylic acids is 2. The predicted octanol–water partition coefficient (Wildman–Crippen LogP) is -2.06. The smallest absolute Gasteiger partial charge is 0.481 e. The van der Waals surface area contributed by atoms with Crippen LogP contribution in [-0.4, -0.2) is 22.2 Å². The molecule has 0 fully saturated rings. The third-order valence-electron chi connectivity index (χ3n) is 0.302. The van der Waals surface area contributed by atoms with Crippen LogP contribution < -0.4 is 35.7 Å². The number of aliphatic carboxylic acids is 2. The maximum atomic E-state index is 9.43. The average Bonchev–Trinajstić information content (AvgIpc) is 1.62. The minimum absolute atomic E-state index is 0. The van der Waals surface area contributed by atoms with E-state index in [0.717, 1.165) is 6.42 Å². The van der Waals surface area contributed by atoms with Gasteiger partial charge in [-0.2, -0.15) is 6.42 Å². The molecule has 5 N–H and O–H groups in total. The van der Waals surface area contributed by atoms with Crippen molar-refractivity contribution < 1.29 is 49.4 Å². The number of carboxylic acid groups (broad SMARTS) is 2. The van der Waals surface area contributed by atoms with Gasteiger partial charge in [-0.25, -0.2) is 0 Å². The first kappa shape index (κ1) is 22.7. The van der Waals surface area contributed by atoms with Crippen LogP contribution in [0.5, 0.6) is 0 Å².